The molecule has 0 saturated carbocycles. The van der Waals surface area contributed by atoms with Crippen LogP contribution in [0.5, 0.6) is 5.75 Å². The molecule has 3 atom stereocenters. The fourth-order valence-electron chi connectivity index (χ4n) is 3.03. The van der Waals surface area contributed by atoms with Gasteiger partial charge in [0.15, 0.2) is 0 Å². The zero-order valence-electron chi connectivity index (χ0n) is 12.5. The van der Waals surface area contributed by atoms with Crippen molar-refractivity contribution in [2.45, 2.75) is 18.2 Å². The summed E-state index contributed by atoms with van der Waals surface area (Å²) in [4.78, 5) is 25.5. The number of aliphatic hydroxyl groups is 2. The Morgan fingerprint density at radius 3 is 2.83 bits per heavy atom. The number of thiol groups is 1. The largest absolute Gasteiger partial charge is 0.491 e. The molecule has 1 aromatic carbocycles. The number of carbonyl (C=O) groups is 2. The number of hydroxylamine groups is 2. The van der Waals surface area contributed by atoms with E-state index in [2.05, 4.69) is 12.9 Å². The smallest absolute Gasteiger partial charge is 0.346 e. The third-order valence-electron chi connectivity index (χ3n) is 4.12. The van der Waals surface area contributed by atoms with Gasteiger partial charge in [0, 0.05) is 12.9 Å². The highest BCUT2D eigenvalue weighted by molar-refractivity contribution is 7.75. The maximum absolute atomic E-state index is 12.3. The second-order valence-corrected chi connectivity index (χ2v) is 5.76. The Bertz CT molecular complexity index is 672. The molecular weight excluding hydrogens is 338 g/mol. The van der Waals surface area contributed by atoms with Crippen LogP contribution in [0, 0.1) is 0 Å². The van der Waals surface area contributed by atoms with Gasteiger partial charge in [-0.05, 0) is 23.3 Å². The molecule has 4 N–H and O–H groups in total. The summed E-state index contributed by atoms with van der Waals surface area (Å²) in [6, 6.07) is 3.09. The Balaban J connectivity index is 1.96. The highest BCUT2D eigenvalue weighted by Crippen LogP contribution is 2.45. The quantitative estimate of drug-likeness (QED) is 0.403. The fourth-order valence-corrected chi connectivity index (χ4v) is 3.21. The van der Waals surface area contributed by atoms with E-state index in [9.17, 15) is 14.7 Å². The molecule has 9 nitrogen and oxygen atoms in total. The van der Waals surface area contributed by atoms with Gasteiger partial charge in [-0.15, -0.1) is 0 Å². The van der Waals surface area contributed by atoms with Gasteiger partial charge in [-0.2, -0.15) is 5.06 Å². The molecule has 2 aliphatic heterocycles. The molecule has 3 rings (SSSR count). The standard InChI is InChI=1S/C14H17N3O6S/c15-13(20)12-9-2-1-8(22-6-7(19)5-18)3-10(9)11-4-16(12)14(21)17(11)23-24/h1-3,7,11-12,18-19,24H,4-6H2,(H2,15,20). The first-order chi connectivity index (χ1) is 11.5. The molecule has 1 aromatic rings. The molecule has 0 aromatic heterocycles. The van der Waals surface area contributed by atoms with E-state index in [4.69, 9.17) is 19.9 Å². The molecule has 1 fully saturated rings. The van der Waals surface area contributed by atoms with Crippen LogP contribution in [0.15, 0.2) is 18.2 Å². The van der Waals surface area contributed by atoms with Crippen molar-refractivity contribution >= 4 is 24.8 Å². The lowest BCUT2D eigenvalue weighted by Crippen LogP contribution is -2.41. The minimum atomic E-state index is -1.000. The van der Waals surface area contributed by atoms with E-state index in [-0.39, 0.29) is 13.2 Å². The maximum Gasteiger partial charge on any atom is 0.346 e. The Kier molecular flexibility index (Phi) is 4.54. The number of carbonyl (C=O) groups excluding carboxylic acids is 2. The first kappa shape index (κ1) is 16.8. The Labute approximate surface area is 143 Å². The number of rotatable bonds is 6. The van der Waals surface area contributed by atoms with E-state index in [1.54, 1.807) is 18.2 Å². The lowest BCUT2D eigenvalue weighted by Gasteiger charge is -2.31. The van der Waals surface area contributed by atoms with Crippen molar-refractivity contribution in [1.82, 2.24) is 9.96 Å². The Morgan fingerprint density at radius 1 is 1.46 bits per heavy atom. The zero-order chi connectivity index (χ0) is 17.4. The van der Waals surface area contributed by atoms with E-state index in [1.807, 2.05) is 0 Å². The van der Waals surface area contributed by atoms with Crippen LogP contribution in [0.2, 0.25) is 0 Å². The van der Waals surface area contributed by atoms with Gasteiger partial charge in [0.2, 0.25) is 5.91 Å². The Hall–Kier alpha value is -2.01. The number of hydrogen-bond acceptors (Lipinski definition) is 7. The summed E-state index contributed by atoms with van der Waals surface area (Å²) in [5.41, 5.74) is 6.72. The fraction of sp³-hybridized carbons (Fsp3) is 0.429. The number of ether oxygens (including phenoxy) is 1. The van der Waals surface area contributed by atoms with Gasteiger partial charge in [0.1, 0.15) is 30.5 Å². The summed E-state index contributed by atoms with van der Waals surface area (Å²) in [6.07, 6.45) is -1.000. The van der Waals surface area contributed by atoms with Crippen LogP contribution in [0.1, 0.15) is 23.2 Å². The molecule has 130 valence electrons. The second kappa shape index (κ2) is 6.48. The molecule has 0 spiro atoms. The number of amides is 3. The molecule has 2 bridgehead atoms. The second-order valence-electron chi connectivity index (χ2n) is 5.60. The van der Waals surface area contributed by atoms with Gasteiger partial charge in [-0.25, -0.2) is 9.08 Å². The third-order valence-corrected chi connectivity index (χ3v) is 4.30. The van der Waals surface area contributed by atoms with Crippen LogP contribution in [0.25, 0.3) is 0 Å². The highest BCUT2D eigenvalue weighted by Gasteiger charge is 2.50. The van der Waals surface area contributed by atoms with Gasteiger partial charge in [0.05, 0.1) is 13.2 Å². The van der Waals surface area contributed by atoms with Crippen molar-refractivity contribution in [3.8, 4) is 5.75 Å². The number of urea groups is 1. The molecule has 2 heterocycles. The first-order valence-corrected chi connectivity index (χ1v) is 7.60. The van der Waals surface area contributed by atoms with Crippen LogP contribution in [0.4, 0.5) is 4.79 Å². The van der Waals surface area contributed by atoms with Crippen LogP contribution in [-0.2, 0) is 9.08 Å². The van der Waals surface area contributed by atoms with Gasteiger partial charge >= 0.3 is 6.03 Å². The first-order valence-electron chi connectivity index (χ1n) is 7.24. The summed E-state index contributed by atoms with van der Waals surface area (Å²) in [6.45, 7) is -0.262. The van der Waals surface area contributed by atoms with E-state index in [0.29, 0.717) is 16.9 Å². The summed E-state index contributed by atoms with van der Waals surface area (Å²) in [5.74, 6) is -0.218. The molecule has 10 heteroatoms. The van der Waals surface area contributed by atoms with E-state index < -0.39 is 36.7 Å². The van der Waals surface area contributed by atoms with Crippen molar-refractivity contribution in [3.63, 3.8) is 0 Å². The van der Waals surface area contributed by atoms with Crippen LogP contribution >= 0.6 is 12.9 Å². The van der Waals surface area contributed by atoms with Crippen LogP contribution < -0.4 is 10.5 Å². The normalized spacial score (nSPS) is 23.2. The number of nitrogens with two attached hydrogens (primary N) is 1. The highest BCUT2D eigenvalue weighted by atomic mass is 32.1. The monoisotopic (exact) mass is 355 g/mol. The minimum Gasteiger partial charge on any atom is -0.491 e. The Morgan fingerprint density at radius 2 is 2.21 bits per heavy atom. The molecule has 0 radical (unpaired) electrons. The maximum atomic E-state index is 12.3. The van der Waals surface area contributed by atoms with Crippen LogP contribution in [-0.4, -0.2) is 58.0 Å². The number of hydrogen-bond donors (Lipinski definition) is 4. The minimum absolute atomic E-state index is 0.0863. The van der Waals surface area contributed by atoms with Crippen molar-refractivity contribution in [2.75, 3.05) is 19.8 Å². The molecule has 0 aliphatic carbocycles. The summed E-state index contributed by atoms with van der Waals surface area (Å²) >= 11 is 3.71. The number of nitrogens with zero attached hydrogens (tertiary/aromatic N) is 2. The number of aliphatic hydroxyl groups excluding tert-OH is 2. The van der Waals surface area contributed by atoms with Crippen molar-refractivity contribution in [3.05, 3.63) is 29.3 Å². The molecule has 3 amide bonds. The van der Waals surface area contributed by atoms with Gasteiger partial charge in [0.25, 0.3) is 0 Å². The van der Waals surface area contributed by atoms with Gasteiger partial charge in [-0.3, -0.25) is 4.79 Å². The topological polar surface area (TPSA) is 126 Å². The van der Waals surface area contributed by atoms with E-state index in [0.717, 1.165) is 5.06 Å². The summed E-state index contributed by atoms with van der Waals surface area (Å²) in [5, 5.41) is 19.3. The lowest BCUT2D eigenvalue weighted by molar-refractivity contribution is -0.122. The zero-order valence-corrected chi connectivity index (χ0v) is 13.4. The number of benzene rings is 1. The molecule has 3 unspecified atom stereocenters. The van der Waals surface area contributed by atoms with Gasteiger partial charge in [-0.1, -0.05) is 6.07 Å². The van der Waals surface area contributed by atoms with Crippen molar-refractivity contribution in [2.24, 2.45) is 5.73 Å². The predicted molar refractivity (Wildman–Crippen MR) is 83.7 cm³/mol. The molecule has 1 saturated heterocycles. The molecule has 24 heavy (non-hydrogen) atoms. The third kappa shape index (κ3) is 2.67. The average molecular weight is 355 g/mol. The average Bonchev–Trinajstić information content (AvgIpc) is 2.85. The predicted octanol–water partition coefficient (Wildman–Crippen LogP) is -0.486. The number of fused-ring (bicyclic) bond motifs is 4. The van der Waals surface area contributed by atoms with Crippen molar-refractivity contribution < 1.29 is 28.8 Å². The summed E-state index contributed by atoms with van der Waals surface area (Å²) in [7, 11) is 0. The lowest BCUT2D eigenvalue weighted by atomic mass is 9.90. The summed E-state index contributed by atoms with van der Waals surface area (Å²) < 4.78 is 10.3. The SMILES string of the molecule is NC(=O)C1c2ccc(OCC(O)CO)cc2C2CN1C(=O)N2OS. The van der Waals surface area contributed by atoms with E-state index >= 15 is 0 Å². The molecular formula is C14H17N3O6S. The van der Waals surface area contributed by atoms with E-state index in [1.165, 1.54) is 4.90 Å². The molecule has 2 aliphatic rings. The van der Waals surface area contributed by atoms with Crippen LogP contribution in [0.3, 0.4) is 0 Å². The van der Waals surface area contributed by atoms with Gasteiger partial charge < -0.3 is 25.6 Å². The van der Waals surface area contributed by atoms with Crippen molar-refractivity contribution in [1.29, 1.82) is 0 Å². The number of primary amides is 1.